The van der Waals surface area contributed by atoms with Gasteiger partial charge in [0.25, 0.3) is 11.8 Å². The molecule has 0 spiro atoms. The van der Waals surface area contributed by atoms with Crippen molar-refractivity contribution in [3.05, 3.63) is 78.4 Å². The molecular formula is C30H29N3O4S. The fourth-order valence-corrected chi connectivity index (χ4v) is 5.74. The molecule has 4 aromatic rings. The minimum Gasteiger partial charge on any atom is -0.484 e. The van der Waals surface area contributed by atoms with Crippen LogP contribution < -0.4 is 9.64 Å². The van der Waals surface area contributed by atoms with Crippen LogP contribution in [0.15, 0.2) is 72.8 Å². The summed E-state index contributed by atoms with van der Waals surface area (Å²) in [6.45, 7) is 5.68. The minimum atomic E-state index is -0.864. The summed E-state index contributed by atoms with van der Waals surface area (Å²) in [6, 6.07) is 21.4. The SMILES string of the molecule is CCC(C)N(C(=O)COc1ccccc1)C1CC(=O)N(c2ccc(-c3nc4ccc(C)cc4s3)cc2)C1=O. The van der Waals surface area contributed by atoms with Crippen LogP contribution in [0.1, 0.15) is 32.3 Å². The van der Waals surface area contributed by atoms with Crippen LogP contribution in [-0.4, -0.2) is 46.3 Å². The van der Waals surface area contributed by atoms with Gasteiger partial charge >= 0.3 is 0 Å². The standard InChI is InChI=1S/C30H29N3O4S/c1-4-20(3)32(28(35)18-37-23-8-6-5-7-9-23)25-17-27(34)33(30(25)36)22-13-11-21(12-14-22)29-31-24-15-10-19(2)16-26(24)38-29/h5-16,20,25H,4,17-18H2,1-3H3. The van der Waals surface area contributed by atoms with Gasteiger partial charge in [-0.25, -0.2) is 9.88 Å². The average molecular weight is 528 g/mol. The molecule has 2 heterocycles. The fraction of sp³-hybridized carbons (Fsp3) is 0.267. The zero-order valence-electron chi connectivity index (χ0n) is 21.6. The summed E-state index contributed by atoms with van der Waals surface area (Å²) in [5, 5.41) is 0.876. The van der Waals surface area contributed by atoms with Crippen LogP contribution in [0.3, 0.4) is 0 Å². The summed E-state index contributed by atoms with van der Waals surface area (Å²) >= 11 is 1.61. The summed E-state index contributed by atoms with van der Waals surface area (Å²) in [5.41, 5.74) is 3.52. The molecule has 2 unspecified atom stereocenters. The smallest absolute Gasteiger partial charge is 0.261 e. The van der Waals surface area contributed by atoms with Gasteiger partial charge in [-0.2, -0.15) is 0 Å². The minimum absolute atomic E-state index is 0.0563. The first kappa shape index (κ1) is 25.6. The summed E-state index contributed by atoms with van der Waals surface area (Å²) in [5.74, 6) is -0.471. The number of thiazole rings is 1. The summed E-state index contributed by atoms with van der Waals surface area (Å²) in [7, 11) is 0. The number of rotatable bonds is 8. The van der Waals surface area contributed by atoms with E-state index in [0.29, 0.717) is 17.9 Å². The number of benzene rings is 3. The van der Waals surface area contributed by atoms with Gasteiger partial charge in [0.1, 0.15) is 16.8 Å². The molecule has 0 radical (unpaired) electrons. The van der Waals surface area contributed by atoms with Crippen LogP contribution in [0, 0.1) is 6.92 Å². The number of hydrogen-bond donors (Lipinski definition) is 0. The van der Waals surface area contributed by atoms with Crippen LogP contribution in [-0.2, 0) is 14.4 Å². The highest BCUT2D eigenvalue weighted by molar-refractivity contribution is 7.21. The lowest BCUT2D eigenvalue weighted by Gasteiger charge is -2.32. The molecule has 1 fully saturated rings. The Morgan fingerprint density at radius 3 is 2.55 bits per heavy atom. The van der Waals surface area contributed by atoms with Crippen LogP contribution >= 0.6 is 11.3 Å². The predicted octanol–water partition coefficient (Wildman–Crippen LogP) is 5.61. The van der Waals surface area contributed by atoms with Crippen molar-refractivity contribution in [1.82, 2.24) is 9.88 Å². The van der Waals surface area contributed by atoms with E-state index in [1.165, 1.54) is 15.4 Å². The zero-order chi connectivity index (χ0) is 26.8. The van der Waals surface area contributed by atoms with Crippen molar-refractivity contribution >= 4 is 45.0 Å². The third-order valence-electron chi connectivity index (χ3n) is 6.83. The maximum absolute atomic E-state index is 13.5. The first-order valence-corrected chi connectivity index (χ1v) is 13.5. The van der Waals surface area contributed by atoms with Gasteiger partial charge in [-0.15, -0.1) is 11.3 Å². The molecule has 194 valence electrons. The number of aryl methyl sites for hydroxylation is 1. The monoisotopic (exact) mass is 527 g/mol. The van der Waals surface area contributed by atoms with E-state index in [2.05, 4.69) is 13.0 Å². The number of carbonyl (C=O) groups excluding carboxylic acids is 3. The second kappa shape index (κ2) is 10.8. The number of carbonyl (C=O) groups is 3. The molecule has 3 aromatic carbocycles. The Kier molecular flexibility index (Phi) is 7.24. The van der Waals surface area contributed by atoms with E-state index in [9.17, 15) is 14.4 Å². The second-order valence-corrected chi connectivity index (χ2v) is 10.5. The molecule has 1 aliphatic rings. The number of amides is 3. The van der Waals surface area contributed by atoms with Gasteiger partial charge in [0.15, 0.2) is 6.61 Å². The molecule has 7 nitrogen and oxygen atoms in total. The first-order valence-electron chi connectivity index (χ1n) is 12.7. The largest absolute Gasteiger partial charge is 0.484 e. The summed E-state index contributed by atoms with van der Waals surface area (Å²) < 4.78 is 6.77. The van der Waals surface area contributed by atoms with Crippen LogP contribution in [0.2, 0.25) is 0 Å². The van der Waals surface area contributed by atoms with Gasteiger partial charge in [-0.1, -0.05) is 31.2 Å². The molecular weight excluding hydrogens is 498 g/mol. The lowest BCUT2D eigenvalue weighted by molar-refractivity contribution is -0.142. The Bertz CT molecular complexity index is 1480. The Hall–Kier alpha value is -4.04. The normalized spacial score (nSPS) is 16.2. The molecule has 3 amide bonds. The molecule has 38 heavy (non-hydrogen) atoms. The van der Waals surface area contributed by atoms with Gasteiger partial charge in [0.05, 0.1) is 22.3 Å². The molecule has 0 saturated carbocycles. The third-order valence-corrected chi connectivity index (χ3v) is 7.90. The van der Waals surface area contributed by atoms with Gasteiger partial charge < -0.3 is 9.64 Å². The first-order chi connectivity index (χ1) is 18.4. The number of fused-ring (bicyclic) bond motifs is 1. The molecule has 1 aliphatic heterocycles. The Morgan fingerprint density at radius 2 is 1.84 bits per heavy atom. The van der Waals surface area contributed by atoms with E-state index in [4.69, 9.17) is 9.72 Å². The van der Waals surface area contributed by atoms with Crippen molar-refractivity contribution in [3.8, 4) is 16.3 Å². The van der Waals surface area contributed by atoms with E-state index in [-0.39, 0.29) is 30.9 Å². The predicted molar refractivity (Wildman–Crippen MR) is 149 cm³/mol. The summed E-state index contributed by atoms with van der Waals surface area (Å²) in [6.07, 6.45) is 0.588. The van der Waals surface area contributed by atoms with Crippen molar-refractivity contribution in [3.63, 3.8) is 0 Å². The highest BCUT2D eigenvalue weighted by Gasteiger charge is 2.45. The maximum atomic E-state index is 13.5. The quantitative estimate of drug-likeness (QED) is 0.278. The van der Waals surface area contributed by atoms with Gasteiger partial charge in [0, 0.05) is 11.6 Å². The van der Waals surface area contributed by atoms with Crippen molar-refractivity contribution in [2.24, 2.45) is 0 Å². The molecule has 8 heteroatoms. The lowest BCUT2D eigenvalue weighted by Crippen LogP contribution is -2.51. The van der Waals surface area contributed by atoms with Crippen molar-refractivity contribution < 1.29 is 19.1 Å². The number of nitrogens with zero attached hydrogens (tertiary/aromatic N) is 3. The lowest BCUT2D eigenvalue weighted by atomic mass is 10.1. The zero-order valence-corrected chi connectivity index (χ0v) is 22.4. The number of para-hydroxylation sites is 1. The average Bonchev–Trinajstić information content (AvgIpc) is 3.47. The number of hydrogen-bond acceptors (Lipinski definition) is 6. The van der Waals surface area contributed by atoms with E-state index in [1.54, 1.807) is 35.6 Å². The van der Waals surface area contributed by atoms with Crippen molar-refractivity contribution in [1.29, 1.82) is 0 Å². The van der Waals surface area contributed by atoms with Crippen LogP contribution in [0.25, 0.3) is 20.8 Å². The molecule has 0 aliphatic carbocycles. The Balaban J connectivity index is 1.34. The molecule has 0 bridgehead atoms. The molecule has 0 N–H and O–H groups in total. The highest BCUT2D eigenvalue weighted by Crippen LogP contribution is 2.33. The number of aromatic nitrogens is 1. The van der Waals surface area contributed by atoms with E-state index >= 15 is 0 Å². The van der Waals surface area contributed by atoms with Crippen LogP contribution in [0.4, 0.5) is 5.69 Å². The summed E-state index contributed by atoms with van der Waals surface area (Å²) in [4.78, 5) is 47.2. The van der Waals surface area contributed by atoms with E-state index < -0.39 is 11.9 Å². The Labute approximate surface area is 225 Å². The molecule has 5 rings (SSSR count). The van der Waals surface area contributed by atoms with E-state index in [1.807, 2.05) is 56.3 Å². The molecule has 2 atom stereocenters. The fourth-order valence-electron chi connectivity index (χ4n) is 4.67. The van der Waals surface area contributed by atoms with Crippen molar-refractivity contribution in [2.45, 2.75) is 45.7 Å². The second-order valence-electron chi connectivity index (χ2n) is 9.48. The van der Waals surface area contributed by atoms with Gasteiger partial charge in [0.2, 0.25) is 5.91 Å². The Morgan fingerprint density at radius 1 is 1.11 bits per heavy atom. The topological polar surface area (TPSA) is 79.8 Å². The van der Waals surface area contributed by atoms with Gasteiger partial charge in [-0.3, -0.25) is 14.4 Å². The number of imide groups is 1. The van der Waals surface area contributed by atoms with Gasteiger partial charge in [-0.05, 0) is 74.4 Å². The third kappa shape index (κ3) is 5.04. The molecule has 1 saturated heterocycles. The highest BCUT2D eigenvalue weighted by atomic mass is 32.1. The van der Waals surface area contributed by atoms with E-state index in [0.717, 1.165) is 20.8 Å². The van der Waals surface area contributed by atoms with Crippen molar-refractivity contribution in [2.75, 3.05) is 11.5 Å². The molecule has 1 aromatic heterocycles. The number of ether oxygens (including phenoxy) is 1. The maximum Gasteiger partial charge on any atom is 0.261 e. The van der Waals surface area contributed by atoms with Crippen LogP contribution in [0.5, 0.6) is 5.75 Å². The number of anilines is 1.